The smallest absolute Gasteiger partial charge is 0.305 e. The highest BCUT2D eigenvalue weighted by atomic mass is 16.5. The number of ether oxygens (including phenoxy) is 1. The molecule has 0 saturated heterocycles. The molecule has 6 nitrogen and oxygen atoms in total. The Morgan fingerprint density at radius 1 is 0.509 bits per heavy atom. The number of carbonyl (C=O) groups is 2. The zero-order valence-corrected chi connectivity index (χ0v) is 35.2. The van der Waals surface area contributed by atoms with Crippen molar-refractivity contribution in [2.45, 2.75) is 251 Å². The molecule has 0 aliphatic rings. The van der Waals surface area contributed by atoms with Crippen LogP contribution in [-0.4, -0.2) is 47.4 Å². The molecule has 0 rings (SSSR count). The van der Waals surface area contributed by atoms with E-state index in [1.54, 1.807) is 6.08 Å². The Kier molecular flexibility index (Phi) is 41.7. The number of nitrogens with one attached hydrogen (secondary N) is 1. The van der Waals surface area contributed by atoms with Gasteiger partial charge in [0.05, 0.1) is 25.4 Å². The van der Waals surface area contributed by atoms with Crippen molar-refractivity contribution < 1.29 is 24.5 Å². The number of allylic oxidation sites excluding steroid dienone is 3. The molecule has 0 radical (unpaired) electrons. The number of unbranched alkanes of at least 4 members (excludes halogenated alkanes) is 29. The minimum Gasteiger partial charge on any atom is -0.466 e. The quantitative estimate of drug-likeness (QED) is 0.0328. The molecule has 53 heavy (non-hydrogen) atoms. The molecular weight excluding hydrogens is 659 g/mol. The molecule has 3 N–H and O–H groups in total. The molecule has 0 fully saturated rings. The SMILES string of the molecule is CCCCCCCCCC/C=C/C(O)C(CO)NC(=O)CCCCC/C=C\CCCCCCCCOC(=O)CCCCCCCCCCCCCCC. The average molecular weight is 748 g/mol. The standard InChI is InChI=1S/C47H89NO5/c1-3-5-7-9-11-13-15-17-21-25-29-33-37-41-47(52)53-42-38-34-30-26-22-19-16-18-20-24-28-32-36-40-46(51)48-44(43-49)45(50)39-35-31-27-23-14-12-10-8-6-4-2/h18,20,35,39,44-45,49-50H,3-17,19,21-34,36-38,40-43H2,1-2H3,(H,48,51)/b20-18-,39-35+. The van der Waals surface area contributed by atoms with Gasteiger partial charge in [-0.15, -0.1) is 0 Å². The van der Waals surface area contributed by atoms with Gasteiger partial charge in [-0.3, -0.25) is 9.59 Å². The van der Waals surface area contributed by atoms with E-state index in [9.17, 15) is 19.8 Å². The Morgan fingerprint density at radius 2 is 0.887 bits per heavy atom. The van der Waals surface area contributed by atoms with Crippen molar-refractivity contribution in [2.75, 3.05) is 13.2 Å². The first-order valence-electron chi connectivity index (χ1n) is 23.1. The van der Waals surface area contributed by atoms with Gasteiger partial charge in [0.25, 0.3) is 0 Å². The van der Waals surface area contributed by atoms with Crippen molar-refractivity contribution >= 4 is 11.9 Å². The van der Waals surface area contributed by atoms with Crippen LogP contribution in [-0.2, 0) is 14.3 Å². The summed E-state index contributed by atoms with van der Waals surface area (Å²) in [5, 5.41) is 22.9. The topological polar surface area (TPSA) is 95.9 Å². The molecule has 1 amide bonds. The second-order valence-corrected chi connectivity index (χ2v) is 15.7. The van der Waals surface area contributed by atoms with E-state index in [0.717, 1.165) is 70.6 Å². The number of hydrogen-bond acceptors (Lipinski definition) is 5. The number of esters is 1. The molecule has 2 atom stereocenters. The third kappa shape index (κ3) is 39.8. The van der Waals surface area contributed by atoms with Gasteiger partial charge < -0.3 is 20.3 Å². The lowest BCUT2D eigenvalue weighted by molar-refractivity contribution is -0.143. The predicted molar refractivity (Wildman–Crippen MR) is 227 cm³/mol. The fraction of sp³-hybridized carbons (Fsp3) is 0.872. The highest BCUT2D eigenvalue weighted by Crippen LogP contribution is 2.14. The van der Waals surface area contributed by atoms with Crippen LogP contribution in [0.4, 0.5) is 0 Å². The lowest BCUT2D eigenvalue weighted by Gasteiger charge is -2.19. The van der Waals surface area contributed by atoms with Crippen LogP contribution < -0.4 is 5.32 Å². The van der Waals surface area contributed by atoms with E-state index < -0.39 is 12.1 Å². The maximum Gasteiger partial charge on any atom is 0.305 e. The van der Waals surface area contributed by atoms with Crippen molar-refractivity contribution in [3.8, 4) is 0 Å². The second-order valence-electron chi connectivity index (χ2n) is 15.7. The second kappa shape index (κ2) is 43.1. The van der Waals surface area contributed by atoms with Crippen LogP contribution in [0.1, 0.15) is 239 Å². The molecule has 0 heterocycles. The average Bonchev–Trinajstić information content (AvgIpc) is 3.16. The number of carbonyl (C=O) groups excluding carboxylic acids is 2. The van der Waals surface area contributed by atoms with Gasteiger partial charge in [0.1, 0.15) is 0 Å². The number of aliphatic hydroxyl groups is 2. The minimum atomic E-state index is -0.858. The Bertz CT molecular complexity index is 828. The van der Waals surface area contributed by atoms with Crippen LogP contribution in [0, 0.1) is 0 Å². The van der Waals surface area contributed by atoms with Crippen molar-refractivity contribution in [3.05, 3.63) is 24.3 Å². The number of amides is 1. The van der Waals surface area contributed by atoms with Crippen molar-refractivity contribution in [1.82, 2.24) is 5.32 Å². The third-order valence-corrected chi connectivity index (χ3v) is 10.5. The summed E-state index contributed by atoms with van der Waals surface area (Å²) in [5.41, 5.74) is 0. The van der Waals surface area contributed by atoms with E-state index in [1.165, 1.54) is 141 Å². The Balaban J connectivity index is 3.52. The van der Waals surface area contributed by atoms with Gasteiger partial charge in [0.15, 0.2) is 0 Å². The highest BCUT2D eigenvalue weighted by molar-refractivity contribution is 5.76. The number of aliphatic hydroxyl groups excluding tert-OH is 2. The summed E-state index contributed by atoms with van der Waals surface area (Å²) in [6.07, 6.45) is 48.8. The van der Waals surface area contributed by atoms with E-state index in [2.05, 4.69) is 31.3 Å². The maximum absolute atomic E-state index is 12.3. The van der Waals surface area contributed by atoms with Crippen LogP contribution in [0.2, 0.25) is 0 Å². The molecule has 312 valence electrons. The first-order valence-corrected chi connectivity index (χ1v) is 23.1. The van der Waals surface area contributed by atoms with Crippen LogP contribution in [0.5, 0.6) is 0 Å². The van der Waals surface area contributed by atoms with Gasteiger partial charge in [0.2, 0.25) is 5.91 Å². The molecule has 0 aliphatic carbocycles. The molecule has 0 spiro atoms. The normalized spacial score (nSPS) is 12.9. The van der Waals surface area contributed by atoms with Crippen molar-refractivity contribution in [1.29, 1.82) is 0 Å². The lowest BCUT2D eigenvalue weighted by Crippen LogP contribution is -2.45. The molecule has 0 saturated carbocycles. The molecule has 0 bridgehead atoms. The largest absolute Gasteiger partial charge is 0.466 e. The van der Waals surface area contributed by atoms with E-state index in [0.29, 0.717) is 19.4 Å². The zero-order valence-electron chi connectivity index (χ0n) is 35.2. The zero-order chi connectivity index (χ0) is 38.7. The molecule has 0 aromatic rings. The van der Waals surface area contributed by atoms with Gasteiger partial charge in [-0.05, 0) is 57.8 Å². The lowest BCUT2D eigenvalue weighted by atomic mass is 10.0. The molecule has 0 aliphatic heterocycles. The van der Waals surface area contributed by atoms with Gasteiger partial charge in [-0.25, -0.2) is 0 Å². The van der Waals surface area contributed by atoms with Crippen LogP contribution >= 0.6 is 0 Å². The fourth-order valence-electron chi connectivity index (χ4n) is 6.86. The molecule has 0 aromatic heterocycles. The first-order chi connectivity index (χ1) is 26.0. The van der Waals surface area contributed by atoms with Gasteiger partial charge in [0, 0.05) is 12.8 Å². The molecule has 2 unspecified atom stereocenters. The third-order valence-electron chi connectivity index (χ3n) is 10.5. The van der Waals surface area contributed by atoms with Crippen molar-refractivity contribution in [3.63, 3.8) is 0 Å². The summed E-state index contributed by atoms with van der Waals surface area (Å²) in [7, 11) is 0. The van der Waals surface area contributed by atoms with Crippen molar-refractivity contribution in [2.24, 2.45) is 0 Å². The molecule has 0 aromatic carbocycles. The Morgan fingerprint density at radius 3 is 1.36 bits per heavy atom. The summed E-state index contributed by atoms with van der Waals surface area (Å²) in [6.45, 7) is 4.83. The van der Waals surface area contributed by atoms with E-state index >= 15 is 0 Å². The summed E-state index contributed by atoms with van der Waals surface area (Å²) < 4.78 is 5.44. The molecular formula is C47H89NO5. The Hall–Kier alpha value is -1.66. The number of rotatable bonds is 42. The van der Waals surface area contributed by atoms with Crippen LogP contribution in [0.3, 0.4) is 0 Å². The monoisotopic (exact) mass is 748 g/mol. The first kappa shape index (κ1) is 51.3. The van der Waals surface area contributed by atoms with Gasteiger partial charge in [-0.2, -0.15) is 0 Å². The summed E-state index contributed by atoms with van der Waals surface area (Å²) in [4.78, 5) is 24.3. The maximum atomic E-state index is 12.3. The van der Waals surface area contributed by atoms with Gasteiger partial charge >= 0.3 is 5.97 Å². The fourth-order valence-corrected chi connectivity index (χ4v) is 6.86. The van der Waals surface area contributed by atoms with E-state index in [-0.39, 0.29) is 18.5 Å². The summed E-state index contributed by atoms with van der Waals surface area (Å²) in [5.74, 6) is -0.114. The minimum absolute atomic E-state index is 0.0135. The Labute approximate surface area is 329 Å². The van der Waals surface area contributed by atoms with Gasteiger partial charge in [-0.1, -0.05) is 192 Å². The number of hydrogen-bond donors (Lipinski definition) is 3. The summed E-state index contributed by atoms with van der Waals surface area (Å²) >= 11 is 0. The predicted octanol–water partition coefficient (Wildman–Crippen LogP) is 13.2. The summed E-state index contributed by atoms with van der Waals surface area (Å²) in [6, 6.07) is -0.645. The van der Waals surface area contributed by atoms with Crippen LogP contribution in [0.25, 0.3) is 0 Å². The van der Waals surface area contributed by atoms with E-state index in [4.69, 9.17) is 4.74 Å². The highest BCUT2D eigenvalue weighted by Gasteiger charge is 2.18. The molecule has 6 heteroatoms. The van der Waals surface area contributed by atoms with E-state index in [1.807, 2.05) is 6.08 Å². The van der Waals surface area contributed by atoms with Crippen LogP contribution in [0.15, 0.2) is 24.3 Å².